The fraction of sp³-hybridized carbons (Fsp3) is 0.550. The Kier molecular flexibility index (Phi) is 5.13. The van der Waals surface area contributed by atoms with Crippen molar-refractivity contribution in [2.24, 2.45) is 5.41 Å². The first-order valence-electron chi connectivity index (χ1n) is 9.20. The van der Waals surface area contributed by atoms with Gasteiger partial charge < -0.3 is 19.6 Å². The first-order valence-corrected chi connectivity index (χ1v) is 9.20. The summed E-state index contributed by atoms with van der Waals surface area (Å²) in [5.74, 6) is -0.667. The number of hydrogen-bond acceptors (Lipinski definition) is 4. The van der Waals surface area contributed by atoms with Crippen molar-refractivity contribution in [3.8, 4) is 5.75 Å². The Morgan fingerprint density at radius 3 is 2.41 bits per heavy atom. The lowest BCUT2D eigenvalue weighted by atomic mass is 9.76. The Labute approximate surface area is 158 Å². The highest BCUT2D eigenvalue weighted by Crippen LogP contribution is 2.43. The van der Waals surface area contributed by atoms with Gasteiger partial charge in [0.25, 0.3) is 5.91 Å². The maximum atomic E-state index is 12.9. The average molecular weight is 374 g/mol. The van der Waals surface area contributed by atoms with Gasteiger partial charge in [0.15, 0.2) is 0 Å². The molecule has 0 aliphatic carbocycles. The average Bonchev–Trinajstić information content (AvgIpc) is 3.01. The largest absolute Gasteiger partial charge is 0.496 e. The van der Waals surface area contributed by atoms with E-state index in [0.717, 1.165) is 5.56 Å². The lowest BCUT2D eigenvalue weighted by Gasteiger charge is -2.39. The van der Waals surface area contributed by atoms with Gasteiger partial charge in [0.1, 0.15) is 11.8 Å². The van der Waals surface area contributed by atoms with Crippen LogP contribution in [0, 0.1) is 12.3 Å². The molecule has 1 aromatic carbocycles. The van der Waals surface area contributed by atoms with Crippen molar-refractivity contribution in [2.75, 3.05) is 26.7 Å². The quantitative estimate of drug-likeness (QED) is 0.874. The van der Waals surface area contributed by atoms with Crippen molar-refractivity contribution in [1.82, 2.24) is 9.80 Å². The summed E-state index contributed by atoms with van der Waals surface area (Å²) in [6.07, 6.45) is 1.85. The minimum Gasteiger partial charge on any atom is -0.496 e. The fourth-order valence-corrected chi connectivity index (χ4v) is 4.30. The number of carbonyl (C=O) groups is 3. The summed E-state index contributed by atoms with van der Waals surface area (Å²) in [5.41, 5.74) is 1.35. The highest BCUT2D eigenvalue weighted by Gasteiger charge is 2.49. The van der Waals surface area contributed by atoms with Crippen LogP contribution in [0.15, 0.2) is 18.2 Å². The van der Waals surface area contributed by atoms with Crippen LogP contribution in [0.25, 0.3) is 0 Å². The Morgan fingerprint density at radius 2 is 1.89 bits per heavy atom. The third kappa shape index (κ3) is 3.63. The Bertz CT molecular complexity index is 744. The van der Waals surface area contributed by atoms with E-state index in [9.17, 15) is 19.5 Å². The van der Waals surface area contributed by atoms with E-state index in [4.69, 9.17) is 4.74 Å². The molecule has 1 spiro atoms. The lowest BCUT2D eigenvalue weighted by molar-refractivity contribution is -0.147. The van der Waals surface area contributed by atoms with Gasteiger partial charge in [0.05, 0.1) is 12.7 Å². The van der Waals surface area contributed by atoms with Crippen LogP contribution in [-0.4, -0.2) is 65.5 Å². The molecule has 3 rings (SSSR count). The first kappa shape index (κ1) is 19.2. The second-order valence-corrected chi connectivity index (χ2v) is 7.70. The third-order valence-corrected chi connectivity index (χ3v) is 5.90. The summed E-state index contributed by atoms with van der Waals surface area (Å²) in [4.78, 5) is 39.5. The number of hydrogen-bond donors (Lipinski definition) is 1. The molecule has 2 amide bonds. The summed E-state index contributed by atoms with van der Waals surface area (Å²) >= 11 is 0. The topological polar surface area (TPSA) is 87.2 Å². The summed E-state index contributed by atoms with van der Waals surface area (Å²) in [5, 5.41) is 9.44. The third-order valence-electron chi connectivity index (χ3n) is 5.90. The molecule has 0 saturated carbocycles. The highest BCUT2D eigenvalue weighted by molar-refractivity contribution is 5.97. The van der Waals surface area contributed by atoms with Crippen molar-refractivity contribution < 1.29 is 24.2 Å². The number of nitrogens with zero attached hydrogens (tertiary/aromatic N) is 2. The molecule has 7 nitrogen and oxygen atoms in total. The molecule has 27 heavy (non-hydrogen) atoms. The van der Waals surface area contributed by atoms with Crippen LogP contribution in [0.4, 0.5) is 0 Å². The summed E-state index contributed by atoms with van der Waals surface area (Å²) < 4.78 is 5.36. The zero-order chi connectivity index (χ0) is 19.8. The molecule has 146 valence electrons. The number of rotatable bonds is 3. The summed E-state index contributed by atoms with van der Waals surface area (Å²) in [7, 11) is 1.55. The van der Waals surface area contributed by atoms with Crippen molar-refractivity contribution in [2.45, 2.75) is 39.2 Å². The van der Waals surface area contributed by atoms with Gasteiger partial charge in [-0.15, -0.1) is 0 Å². The number of carboxylic acids is 1. The van der Waals surface area contributed by atoms with Crippen LogP contribution >= 0.6 is 0 Å². The predicted molar refractivity (Wildman–Crippen MR) is 98.7 cm³/mol. The number of aryl methyl sites for hydroxylation is 1. The van der Waals surface area contributed by atoms with Crippen molar-refractivity contribution in [3.63, 3.8) is 0 Å². The molecular formula is C20H26N2O5. The molecule has 1 unspecified atom stereocenters. The van der Waals surface area contributed by atoms with Crippen LogP contribution in [0.5, 0.6) is 5.75 Å². The number of carboxylic acid groups (broad SMARTS) is 1. The number of carbonyl (C=O) groups excluding carboxylic acids is 2. The molecule has 2 aliphatic heterocycles. The van der Waals surface area contributed by atoms with Crippen LogP contribution in [0.3, 0.4) is 0 Å². The molecule has 2 aliphatic rings. The first-order chi connectivity index (χ1) is 12.8. The number of likely N-dealkylation sites (tertiary alicyclic amines) is 2. The van der Waals surface area contributed by atoms with Crippen molar-refractivity contribution in [3.05, 3.63) is 29.3 Å². The SMILES string of the molecule is COc1cc(C)ccc1C(=O)N1CCC2(CC1)CC(C(=O)O)N(C(C)=O)C2. The van der Waals surface area contributed by atoms with Gasteiger partial charge in [0, 0.05) is 26.6 Å². The molecule has 1 N–H and O–H groups in total. The van der Waals surface area contributed by atoms with E-state index in [1.807, 2.05) is 19.1 Å². The second-order valence-electron chi connectivity index (χ2n) is 7.70. The van der Waals surface area contributed by atoms with E-state index in [0.29, 0.717) is 50.2 Å². The summed E-state index contributed by atoms with van der Waals surface area (Å²) in [6, 6.07) is 4.76. The van der Waals surface area contributed by atoms with E-state index in [1.165, 1.54) is 11.8 Å². The normalized spacial score (nSPS) is 21.4. The second kappa shape index (κ2) is 7.21. The molecule has 2 fully saturated rings. The van der Waals surface area contributed by atoms with Gasteiger partial charge in [-0.2, -0.15) is 0 Å². The minimum absolute atomic E-state index is 0.0714. The zero-order valence-corrected chi connectivity index (χ0v) is 16.0. The van der Waals surface area contributed by atoms with Gasteiger partial charge in [0.2, 0.25) is 5.91 Å². The summed E-state index contributed by atoms with van der Waals surface area (Å²) in [6.45, 7) is 4.91. The number of piperidine rings is 1. The van der Waals surface area contributed by atoms with Crippen LogP contribution in [-0.2, 0) is 9.59 Å². The van der Waals surface area contributed by atoms with Crippen LogP contribution in [0.2, 0.25) is 0 Å². The molecular weight excluding hydrogens is 348 g/mol. The zero-order valence-electron chi connectivity index (χ0n) is 16.0. The van der Waals surface area contributed by atoms with E-state index in [-0.39, 0.29) is 17.2 Å². The van der Waals surface area contributed by atoms with E-state index in [2.05, 4.69) is 0 Å². The smallest absolute Gasteiger partial charge is 0.326 e. The van der Waals surface area contributed by atoms with Gasteiger partial charge in [-0.3, -0.25) is 9.59 Å². The predicted octanol–water partition coefficient (Wildman–Crippen LogP) is 1.93. The van der Waals surface area contributed by atoms with Crippen LogP contribution < -0.4 is 4.74 Å². The monoisotopic (exact) mass is 374 g/mol. The molecule has 1 aromatic rings. The Hall–Kier alpha value is -2.57. The fourth-order valence-electron chi connectivity index (χ4n) is 4.30. The molecule has 0 bridgehead atoms. The standard InChI is InChI=1S/C20H26N2O5/c1-13-4-5-15(17(10-13)27-3)18(24)21-8-6-20(7-9-21)11-16(19(25)26)22(12-20)14(2)23/h4-5,10,16H,6-9,11-12H2,1-3H3,(H,25,26). The highest BCUT2D eigenvalue weighted by atomic mass is 16.5. The maximum absolute atomic E-state index is 12.9. The Balaban J connectivity index is 1.71. The van der Waals surface area contributed by atoms with Crippen LogP contribution in [0.1, 0.15) is 42.1 Å². The van der Waals surface area contributed by atoms with Crippen molar-refractivity contribution >= 4 is 17.8 Å². The molecule has 1 atom stereocenters. The number of ether oxygens (including phenoxy) is 1. The maximum Gasteiger partial charge on any atom is 0.326 e. The number of amides is 2. The van der Waals surface area contributed by atoms with Gasteiger partial charge in [-0.05, 0) is 49.3 Å². The van der Waals surface area contributed by atoms with Gasteiger partial charge >= 0.3 is 5.97 Å². The van der Waals surface area contributed by atoms with Gasteiger partial charge in [-0.1, -0.05) is 6.07 Å². The minimum atomic E-state index is -0.954. The molecule has 2 saturated heterocycles. The molecule has 0 aromatic heterocycles. The van der Waals surface area contributed by atoms with Crippen molar-refractivity contribution in [1.29, 1.82) is 0 Å². The Morgan fingerprint density at radius 1 is 1.22 bits per heavy atom. The van der Waals surface area contributed by atoms with E-state index < -0.39 is 12.0 Å². The number of benzene rings is 1. The molecule has 2 heterocycles. The van der Waals surface area contributed by atoms with E-state index >= 15 is 0 Å². The van der Waals surface area contributed by atoms with E-state index in [1.54, 1.807) is 18.1 Å². The van der Waals surface area contributed by atoms with Gasteiger partial charge in [-0.25, -0.2) is 4.79 Å². The molecule has 7 heteroatoms. The number of aliphatic carboxylic acids is 1. The number of methoxy groups -OCH3 is 1. The molecule has 0 radical (unpaired) electrons. The lowest BCUT2D eigenvalue weighted by Crippen LogP contribution is -2.44.